The Morgan fingerprint density at radius 2 is 1.58 bits per heavy atom. The van der Waals surface area contributed by atoms with Gasteiger partial charge in [0.2, 0.25) is 5.91 Å². The molecule has 0 unspecified atom stereocenters. The third-order valence-corrected chi connectivity index (χ3v) is 4.09. The number of carbonyl (C=O) groups excluding carboxylic acids is 2. The van der Waals surface area contributed by atoms with Crippen LogP contribution in [0, 0.1) is 6.92 Å². The summed E-state index contributed by atoms with van der Waals surface area (Å²) in [6, 6.07) is 20.7. The van der Waals surface area contributed by atoms with E-state index in [1.807, 2.05) is 73.7 Å². The molecule has 0 radical (unpaired) electrons. The normalized spacial score (nSPS) is 10.4. The molecule has 0 aromatic heterocycles. The average Bonchev–Trinajstić information content (AvgIpc) is 2.64. The minimum Gasteiger partial charge on any atom is -0.325 e. The Bertz CT molecular complexity index is 930. The second-order valence-electron chi connectivity index (χ2n) is 6.23. The van der Waals surface area contributed by atoms with Crippen molar-refractivity contribution in [3.8, 4) is 0 Å². The number of benzene rings is 3. The summed E-state index contributed by atoms with van der Waals surface area (Å²) in [5.74, 6) is -0.246. The first-order valence-corrected chi connectivity index (χ1v) is 8.39. The average molecular weight is 347 g/mol. The van der Waals surface area contributed by atoms with E-state index >= 15 is 0 Å². The number of carbonyl (C=O) groups is 2. The SMILES string of the molecule is Cc1ccc(NC(=O)CN(C)C(=O)Nc2cccc3ccccc23)cc1. The number of likely N-dealkylation sites (N-methyl/N-ethyl adjacent to an activating group) is 1. The molecule has 26 heavy (non-hydrogen) atoms. The molecule has 5 nitrogen and oxygen atoms in total. The fourth-order valence-corrected chi connectivity index (χ4v) is 2.67. The van der Waals surface area contributed by atoms with Gasteiger partial charge < -0.3 is 15.5 Å². The minimum absolute atomic E-state index is 0.0372. The summed E-state index contributed by atoms with van der Waals surface area (Å²) in [4.78, 5) is 25.9. The fourth-order valence-electron chi connectivity index (χ4n) is 2.67. The van der Waals surface area contributed by atoms with Crippen LogP contribution in [0.25, 0.3) is 10.8 Å². The number of hydrogen-bond acceptors (Lipinski definition) is 2. The first-order valence-electron chi connectivity index (χ1n) is 8.39. The largest absolute Gasteiger partial charge is 0.325 e. The van der Waals surface area contributed by atoms with Crippen LogP contribution >= 0.6 is 0 Å². The molecule has 0 aliphatic heterocycles. The number of urea groups is 1. The van der Waals surface area contributed by atoms with Crippen LogP contribution in [-0.2, 0) is 4.79 Å². The topological polar surface area (TPSA) is 61.4 Å². The molecule has 0 aliphatic rings. The van der Waals surface area contributed by atoms with E-state index in [2.05, 4.69) is 10.6 Å². The maximum atomic E-state index is 12.4. The molecule has 3 aromatic rings. The molecule has 132 valence electrons. The summed E-state index contributed by atoms with van der Waals surface area (Å²) in [7, 11) is 1.59. The lowest BCUT2D eigenvalue weighted by molar-refractivity contribution is -0.116. The molecule has 3 rings (SSSR count). The molecule has 0 fully saturated rings. The lowest BCUT2D eigenvalue weighted by Gasteiger charge is -2.18. The quantitative estimate of drug-likeness (QED) is 0.741. The van der Waals surface area contributed by atoms with Gasteiger partial charge in [0.15, 0.2) is 0 Å². The summed E-state index contributed by atoms with van der Waals surface area (Å²) >= 11 is 0. The third kappa shape index (κ3) is 4.19. The summed E-state index contributed by atoms with van der Waals surface area (Å²) in [6.45, 7) is 1.95. The van der Waals surface area contributed by atoms with E-state index in [4.69, 9.17) is 0 Å². The highest BCUT2D eigenvalue weighted by Crippen LogP contribution is 2.23. The van der Waals surface area contributed by atoms with Crippen LogP contribution in [0.1, 0.15) is 5.56 Å². The standard InChI is InChI=1S/C21H21N3O2/c1-15-10-12-17(13-11-15)22-20(25)14-24(2)21(26)23-19-9-5-7-16-6-3-4-8-18(16)19/h3-13H,14H2,1-2H3,(H,22,25)(H,23,26). The van der Waals surface area contributed by atoms with Crippen molar-refractivity contribution in [3.63, 3.8) is 0 Å². The number of anilines is 2. The van der Waals surface area contributed by atoms with Gasteiger partial charge in [-0.1, -0.05) is 54.1 Å². The second-order valence-corrected chi connectivity index (χ2v) is 6.23. The van der Waals surface area contributed by atoms with Crippen LogP contribution in [0.15, 0.2) is 66.7 Å². The van der Waals surface area contributed by atoms with Crippen LogP contribution in [0.3, 0.4) is 0 Å². The number of nitrogens with one attached hydrogen (secondary N) is 2. The number of fused-ring (bicyclic) bond motifs is 1. The zero-order chi connectivity index (χ0) is 18.5. The Balaban J connectivity index is 1.62. The van der Waals surface area contributed by atoms with E-state index in [1.165, 1.54) is 4.90 Å². The van der Waals surface area contributed by atoms with E-state index in [0.29, 0.717) is 5.69 Å². The Morgan fingerprint density at radius 1 is 0.885 bits per heavy atom. The smallest absolute Gasteiger partial charge is 0.322 e. The van der Waals surface area contributed by atoms with Crippen molar-refractivity contribution in [2.45, 2.75) is 6.92 Å². The van der Waals surface area contributed by atoms with Gasteiger partial charge in [-0.15, -0.1) is 0 Å². The highest BCUT2D eigenvalue weighted by atomic mass is 16.2. The molecule has 0 saturated carbocycles. The molecule has 0 saturated heterocycles. The van der Waals surface area contributed by atoms with Gasteiger partial charge in [0, 0.05) is 18.1 Å². The van der Waals surface area contributed by atoms with Gasteiger partial charge in [-0.3, -0.25) is 4.79 Å². The van der Waals surface area contributed by atoms with Crippen molar-refractivity contribution in [2.75, 3.05) is 24.2 Å². The predicted octanol–water partition coefficient (Wildman–Crippen LogP) is 4.25. The molecule has 3 aromatic carbocycles. The molecule has 5 heteroatoms. The van der Waals surface area contributed by atoms with Crippen LogP contribution in [-0.4, -0.2) is 30.4 Å². The van der Waals surface area contributed by atoms with Gasteiger partial charge in [0.1, 0.15) is 6.54 Å². The summed E-state index contributed by atoms with van der Waals surface area (Å²) in [5.41, 5.74) is 2.55. The number of rotatable bonds is 4. The van der Waals surface area contributed by atoms with Crippen molar-refractivity contribution in [1.29, 1.82) is 0 Å². The van der Waals surface area contributed by atoms with Crippen molar-refractivity contribution in [1.82, 2.24) is 4.90 Å². The van der Waals surface area contributed by atoms with Gasteiger partial charge >= 0.3 is 6.03 Å². The number of nitrogens with zero attached hydrogens (tertiary/aromatic N) is 1. The van der Waals surface area contributed by atoms with Crippen molar-refractivity contribution in [3.05, 3.63) is 72.3 Å². The van der Waals surface area contributed by atoms with Crippen molar-refractivity contribution in [2.24, 2.45) is 0 Å². The minimum atomic E-state index is -0.333. The van der Waals surface area contributed by atoms with E-state index in [0.717, 1.165) is 22.0 Å². The molecule has 0 aliphatic carbocycles. The van der Waals surface area contributed by atoms with Gasteiger partial charge in [0.25, 0.3) is 0 Å². The Hall–Kier alpha value is -3.34. The highest BCUT2D eigenvalue weighted by molar-refractivity contribution is 6.02. The zero-order valence-electron chi connectivity index (χ0n) is 14.8. The lowest BCUT2D eigenvalue weighted by Crippen LogP contribution is -2.37. The molecule has 0 spiro atoms. The lowest BCUT2D eigenvalue weighted by atomic mass is 10.1. The Kier molecular flexibility index (Phi) is 5.17. The van der Waals surface area contributed by atoms with Crippen molar-refractivity contribution < 1.29 is 9.59 Å². The predicted molar refractivity (Wildman–Crippen MR) is 105 cm³/mol. The number of amides is 3. The van der Waals surface area contributed by atoms with Crippen LogP contribution < -0.4 is 10.6 Å². The Morgan fingerprint density at radius 3 is 2.35 bits per heavy atom. The highest BCUT2D eigenvalue weighted by Gasteiger charge is 2.14. The monoisotopic (exact) mass is 347 g/mol. The summed E-state index contributed by atoms with van der Waals surface area (Å²) < 4.78 is 0. The molecule has 3 amide bonds. The maximum Gasteiger partial charge on any atom is 0.322 e. The van der Waals surface area contributed by atoms with Gasteiger partial charge in [-0.25, -0.2) is 4.79 Å². The van der Waals surface area contributed by atoms with Crippen molar-refractivity contribution >= 4 is 34.1 Å². The summed E-state index contributed by atoms with van der Waals surface area (Å²) in [5, 5.41) is 7.66. The Labute approximate surface area is 152 Å². The number of hydrogen-bond donors (Lipinski definition) is 2. The fraction of sp³-hybridized carbons (Fsp3) is 0.143. The third-order valence-electron chi connectivity index (χ3n) is 4.09. The second kappa shape index (κ2) is 7.70. The molecule has 2 N–H and O–H groups in total. The van der Waals surface area contributed by atoms with E-state index in [1.54, 1.807) is 7.05 Å². The molecule has 0 bridgehead atoms. The van der Waals surface area contributed by atoms with Gasteiger partial charge in [-0.05, 0) is 30.5 Å². The molecule has 0 heterocycles. The summed E-state index contributed by atoms with van der Waals surface area (Å²) in [6.07, 6.45) is 0. The van der Waals surface area contributed by atoms with E-state index in [-0.39, 0.29) is 18.5 Å². The molecular formula is C21H21N3O2. The molecular weight excluding hydrogens is 326 g/mol. The van der Waals surface area contributed by atoms with E-state index in [9.17, 15) is 9.59 Å². The first kappa shape index (κ1) is 17.5. The van der Waals surface area contributed by atoms with Gasteiger partial charge in [-0.2, -0.15) is 0 Å². The maximum absolute atomic E-state index is 12.4. The van der Waals surface area contributed by atoms with E-state index < -0.39 is 0 Å². The first-order chi connectivity index (χ1) is 12.5. The van der Waals surface area contributed by atoms with Crippen LogP contribution in [0.4, 0.5) is 16.2 Å². The van der Waals surface area contributed by atoms with Crippen LogP contribution in [0.5, 0.6) is 0 Å². The number of aryl methyl sites for hydroxylation is 1. The van der Waals surface area contributed by atoms with Crippen LogP contribution in [0.2, 0.25) is 0 Å². The van der Waals surface area contributed by atoms with Gasteiger partial charge in [0.05, 0.1) is 5.69 Å². The molecule has 0 atom stereocenters. The zero-order valence-corrected chi connectivity index (χ0v) is 14.8.